The van der Waals surface area contributed by atoms with Crippen molar-refractivity contribution in [2.24, 2.45) is 0 Å². The third-order valence-corrected chi connectivity index (χ3v) is 5.24. The van der Waals surface area contributed by atoms with Gasteiger partial charge in [-0.05, 0) is 42.4 Å². The van der Waals surface area contributed by atoms with Crippen LogP contribution in [0.5, 0.6) is 0 Å². The van der Waals surface area contributed by atoms with Crippen LogP contribution in [0.3, 0.4) is 0 Å². The molecule has 5 rings (SSSR count). The van der Waals surface area contributed by atoms with Gasteiger partial charge in [-0.25, -0.2) is 0 Å². The van der Waals surface area contributed by atoms with Gasteiger partial charge in [-0.2, -0.15) is 0 Å². The normalized spacial score (nSPS) is 11.0. The number of allylic oxidation sites excluding steroid dienone is 2. The van der Waals surface area contributed by atoms with Gasteiger partial charge in [-0.3, -0.25) is 9.78 Å². The van der Waals surface area contributed by atoms with Crippen molar-refractivity contribution in [3.8, 4) is 22.6 Å². The third-order valence-electron chi connectivity index (χ3n) is 5.24. The van der Waals surface area contributed by atoms with E-state index in [2.05, 4.69) is 74.5 Å². The van der Waals surface area contributed by atoms with Crippen LogP contribution in [-0.2, 0) is 24.9 Å². The monoisotopic (exact) mass is 641 g/mol. The molecule has 0 saturated heterocycles. The van der Waals surface area contributed by atoms with E-state index in [1.165, 1.54) is 36.3 Å². The number of fused-ring (bicyclic) bond motifs is 2. The maximum absolute atomic E-state index is 10.0. The molecule has 5 heteroatoms. The van der Waals surface area contributed by atoms with Crippen molar-refractivity contribution >= 4 is 27.7 Å². The number of rotatable bonds is 3. The van der Waals surface area contributed by atoms with Crippen LogP contribution >= 0.6 is 0 Å². The number of nitrogens with zero attached hydrogens (tertiary/aromatic N) is 1. The molecule has 0 aliphatic carbocycles. The quantitative estimate of drug-likeness (QED) is 0.124. The van der Waals surface area contributed by atoms with E-state index in [0.29, 0.717) is 0 Å². The summed E-state index contributed by atoms with van der Waals surface area (Å²) < 4.78 is 6.07. The number of pyridine rings is 1. The molecule has 0 amide bonds. The zero-order valence-electron chi connectivity index (χ0n) is 20.0. The first-order valence-corrected chi connectivity index (χ1v) is 11.1. The summed E-state index contributed by atoms with van der Waals surface area (Å²) in [6.45, 7) is 7.00. The van der Waals surface area contributed by atoms with E-state index < -0.39 is 0 Å². The van der Waals surface area contributed by atoms with Crippen molar-refractivity contribution in [1.82, 2.24) is 4.98 Å². The van der Waals surface area contributed by atoms with Crippen molar-refractivity contribution in [1.29, 1.82) is 0 Å². The zero-order valence-corrected chi connectivity index (χ0v) is 22.4. The van der Waals surface area contributed by atoms with Gasteiger partial charge < -0.3 is 9.52 Å². The molecule has 2 aromatic heterocycles. The molecule has 0 bridgehead atoms. The molecule has 5 aromatic rings. The van der Waals surface area contributed by atoms with E-state index in [-0.39, 0.29) is 31.6 Å². The molecule has 4 nitrogen and oxygen atoms in total. The van der Waals surface area contributed by atoms with Crippen LogP contribution in [0.15, 0.2) is 89.0 Å². The molecule has 1 radical (unpaired) electrons. The van der Waals surface area contributed by atoms with Gasteiger partial charge in [-0.1, -0.05) is 56.3 Å². The number of benzene rings is 3. The Labute approximate surface area is 218 Å². The Balaban J connectivity index is 0.000000378. The second-order valence-corrected chi connectivity index (χ2v) is 8.40. The average Bonchev–Trinajstić information content (AvgIpc) is 3.21. The van der Waals surface area contributed by atoms with Crippen molar-refractivity contribution in [2.45, 2.75) is 27.7 Å². The van der Waals surface area contributed by atoms with Gasteiger partial charge in [0, 0.05) is 37.8 Å². The van der Waals surface area contributed by atoms with E-state index >= 15 is 0 Å². The fourth-order valence-corrected chi connectivity index (χ4v) is 3.89. The number of aliphatic hydroxyl groups excluding tert-OH is 1. The van der Waals surface area contributed by atoms with Gasteiger partial charge >= 0.3 is 0 Å². The predicted molar refractivity (Wildman–Crippen MR) is 138 cm³/mol. The fourth-order valence-electron chi connectivity index (χ4n) is 3.89. The van der Waals surface area contributed by atoms with Crippen LogP contribution in [0.2, 0.25) is 0 Å². The fraction of sp³-hybridized carbons (Fsp3) is 0.133. The molecular formula is C30H26IrNO3-. The van der Waals surface area contributed by atoms with E-state index in [1.807, 2.05) is 18.2 Å². The van der Waals surface area contributed by atoms with Crippen LogP contribution < -0.4 is 0 Å². The molecule has 3 aromatic carbocycles. The molecule has 0 spiro atoms. The summed E-state index contributed by atoms with van der Waals surface area (Å²) in [5, 5.41) is 10.8. The van der Waals surface area contributed by atoms with Gasteiger partial charge in [0.1, 0.15) is 5.76 Å². The minimum atomic E-state index is -0.125. The van der Waals surface area contributed by atoms with Gasteiger partial charge in [0.05, 0.1) is 11.3 Å². The summed E-state index contributed by atoms with van der Waals surface area (Å²) in [7, 11) is 0. The minimum Gasteiger partial charge on any atom is -0.512 e. The van der Waals surface area contributed by atoms with Crippen molar-refractivity contribution in [3.05, 3.63) is 102 Å². The van der Waals surface area contributed by atoms with E-state index in [9.17, 15) is 4.79 Å². The smallest absolute Gasteiger partial charge is 0.155 e. The maximum Gasteiger partial charge on any atom is 0.155 e. The SMILES string of the molecule is CC(=O)/C=C(/C)O.Cc1[c-]c(-c2ccc3oc(-c4ccc5ccccc5c4)cc3n2)cc(C)c1.[Ir]. The Bertz CT molecular complexity index is 1510. The molecule has 0 aliphatic heterocycles. The number of hydrogen-bond acceptors (Lipinski definition) is 4. The van der Waals surface area contributed by atoms with E-state index in [4.69, 9.17) is 14.5 Å². The molecule has 2 heterocycles. The van der Waals surface area contributed by atoms with Crippen molar-refractivity contribution in [3.63, 3.8) is 0 Å². The van der Waals surface area contributed by atoms with Crippen molar-refractivity contribution < 1.29 is 34.4 Å². The summed E-state index contributed by atoms with van der Waals surface area (Å²) in [6, 6.07) is 28.4. The molecule has 1 N–H and O–H groups in total. The Morgan fingerprint density at radius 3 is 2.34 bits per heavy atom. The molecule has 35 heavy (non-hydrogen) atoms. The molecule has 0 unspecified atom stereocenters. The zero-order chi connectivity index (χ0) is 24.2. The molecule has 0 atom stereocenters. The first-order chi connectivity index (χ1) is 16.3. The van der Waals surface area contributed by atoms with Gasteiger partial charge in [-0.15, -0.1) is 34.9 Å². The van der Waals surface area contributed by atoms with Gasteiger partial charge in [0.25, 0.3) is 0 Å². The number of aromatic nitrogens is 1. The first kappa shape index (κ1) is 26.1. The van der Waals surface area contributed by atoms with Crippen LogP contribution in [0.4, 0.5) is 0 Å². The Morgan fingerprint density at radius 2 is 1.69 bits per heavy atom. The summed E-state index contributed by atoms with van der Waals surface area (Å²) in [5.41, 5.74) is 6.99. The largest absolute Gasteiger partial charge is 0.512 e. The number of carbonyl (C=O) groups is 1. The number of carbonyl (C=O) groups excluding carboxylic acids is 1. The van der Waals surface area contributed by atoms with Gasteiger partial charge in [0.15, 0.2) is 11.4 Å². The molecule has 0 aliphatic rings. The second-order valence-electron chi connectivity index (χ2n) is 8.40. The Hall–Kier alpha value is -3.53. The van der Waals surface area contributed by atoms with Crippen LogP contribution in [-0.4, -0.2) is 15.9 Å². The first-order valence-electron chi connectivity index (χ1n) is 11.1. The van der Waals surface area contributed by atoms with Crippen LogP contribution in [0.25, 0.3) is 44.5 Å². The number of aryl methyl sites for hydroxylation is 2. The molecule has 0 saturated carbocycles. The summed E-state index contributed by atoms with van der Waals surface area (Å²) in [5.74, 6) is 0.775. The molecule has 0 fully saturated rings. The summed E-state index contributed by atoms with van der Waals surface area (Å²) in [4.78, 5) is 14.8. The molecule has 179 valence electrons. The minimum absolute atomic E-state index is 0. The number of ketones is 1. The third kappa shape index (κ3) is 6.54. The Morgan fingerprint density at radius 1 is 0.943 bits per heavy atom. The predicted octanol–water partition coefficient (Wildman–Crippen LogP) is 7.77. The van der Waals surface area contributed by atoms with Crippen LogP contribution in [0, 0.1) is 19.9 Å². The second kappa shape index (κ2) is 11.3. The maximum atomic E-state index is 10.0. The Kier molecular flexibility index (Phi) is 8.39. The average molecular weight is 641 g/mol. The molecular weight excluding hydrogens is 615 g/mol. The summed E-state index contributed by atoms with van der Waals surface area (Å²) in [6.07, 6.45) is 1.17. The van der Waals surface area contributed by atoms with Gasteiger partial charge in [0.2, 0.25) is 0 Å². The number of aliphatic hydroxyl groups is 1. The van der Waals surface area contributed by atoms with E-state index in [1.54, 1.807) is 0 Å². The van der Waals surface area contributed by atoms with Crippen molar-refractivity contribution in [2.75, 3.05) is 0 Å². The number of furan rings is 1. The standard InChI is InChI=1S/C25H18NO.C5H8O2.Ir/c1-16-11-17(2)13-21(12-16)22-9-10-24-23(26-22)15-25(27-24)20-8-7-18-5-3-4-6-19(18)14-20;1-4(6)3-5(2)7;/h3-12,14-15H,1-2H3;3,6H,1-2H3;/q-1;;/b;4-3-;. The topological polar surface area (TPSA) is 63.3 Å². The number of hydrogen-bond donors (Lipinski definition) is 1. The van der Waals surface area contributed by atoms with Crippen LogP contribution in [0.1, 0.15) is 25.0 Å². The van der Waals surface area contributed by atoms with E-state index in [0.717, 1.165) is 39.2 Å². The summed E-state index contributed by atoms with van der Waals surface area (Å²) >= 11 is 0.